The van der Waals surface area contributed by atoms with Crippen LogP contribution in [0.15, 0.2) is 30.5 Å². The molecule has 0 unspecified atom stereocenters. The van der Waals surface area contributed by atoms with Gasteiger partial charge in [0.05, 0.1) is 15.7 Å². The first-order valence-electron chi connectivity index (χ1n) is 12.5. The lowest BCUT2D eigenvalue weighted by Gasteiger charge is -2.43. The zero-order valence-electron chi connectivity index (χ0n) is 21.1. The highest BCUT2D eigenvalue weighted by Gasteiger charge is 2.61. The molecule has 2 amide bonds. The number of likely N-dealkylation sites (tertiary alicyclic amines) is 1. The number of hydrogen-bond acceptors (Lipinski definition) is 7. The second-order valence-electron chi connectivity index (χ2n) is 11.1. The predicted octanol–water partition coefficient (Wildman–Crippen LogP) is 1.29. The molecule has 0 atom stereocenters. The van der Waals surface area contributed by atoms with E-state index in [0.29, 0.717) is 62.8 Å². The van der Waals surface area contributed by atoms with Gasteiger partial charge in [-0.15, -0.1) is 0 Å². The van der Waals surface area contributed by atoms with Crippen molar-refractivity contribution >= 4 is 33.3 Å². The van der Waals surface area contributed by atoms with Crippen LogP contribution in [0.5, 0.6) is 0 Å². The van der Waals surface area contributed by atoms with Crippen LogP contribution in [0.1, 0.15) is 53.4 Å². The van der Waals surface area contributed by atoms with Gasteiger partial charge < -0.3 is 20.5 Å². The Morgan fingerprint density at radius 3 is 2.51 bits per heavy atom. The van der Waals surface area contributed by atoms with Crippen molar-refractivity contribution in [1.29, 1.82) is 0 Å². The van der Waals surface area contributed by atoms with E-state index in [0.717, 1.165) is 5.56 Å². The smallest absolute Gasteiger partial charge is 0.287 e. The predicted molar refractivity (Wildman–Crippen MR) is 140 cm³/mol. The van der Waals surface area contributed by atoms with Gasteiger partial charge >= 0.3 is 0 Å². The number of carbonyl (C=O) groups excluding carboxylic acids is 2. The number of fused-ring (bicyclic) bond motifs is 1. The highest BCUT2D eigenvalue weighted by atomic mass is 35.5. The molecule has 0 bridgehead atoms. The number of aromatic nitrogens is 2. The van der Waals surface area contributed by atoms with Crippen LogP contribution in [0.4, 0.5) is 0 Å². The van der Waals surface area contributed by atoms with Gasteiger partial charge in [-0.1, -0.05) is 23.7 Å². The number of nitrogens with zero attached hydrogens (tertiary/aromatic N) is 4. The molecule has 2 aromatic rings. The van der Waals surface area contributed by atoms with Crippen molar-refractivity contribution in [3.05, 3.63) is 52.6 Å². The third-order valence-corrected chi connectivity index (χ3v) is 11.2. The maximum atomic E-state index is 13.7. The average molecular weight is 549 g/mol. The lowest BCUT2D eigenvalue weighted by molar-refractivity contribution is 0.0697. The zero-order chi connectivity index (χ0) is 26.6. The van der Waals surface area contributed by atoms with Gasteiger partial charge in [0, 0.05) is 56.9 Å². The van der Waals surface area contributed by atoms with Crippen LogP contribution in [-0.4, -0.2) is 87.8 Å². The van der Waals surface area contributed by atoms with E-state index in [9.17, 15) is 18.0 Å². The standard InChI is InChI=1S/C25H33ClN6O4S/c1-24(2,15-30-13-19(27)14-30)37(35,36)25(7-8-25)16-31-9-10-32-20(23(31)34)12-28-21(32)22(33)29-11-17-3-5-18(26)6-4-17/h3-6,12,19H,7-11,13-16,27H2,1-2H3,(H,29,33). The summed E-state index contributed by atoms with van der Waals surface area (Å²) in [5.41, 5.74) is 7.06. The number of sulfone groups is 1. The maximum absolute atomic E-state index is 13.7. The molecule has 37 heavy (non-hydrogen) atoms. The largest absolute Gasteiger partial charge is 0.345 e. The summed E-state index contributed by atoms with van der Waals surface area (Å²) >= 11 is 5.91. The third-order valence-electron chi connectivity index (χ3n) is 7.70. The maximum Gasteiger partial charge on any atom is 0.287 e. The number of imidazole rings is 1. The van der Waals surface area contributed by atoms with Crippen molar-refractivity contribution in [1.82, 2.24) is 24.7 Å². The van der Waals surface area contributed by atoms with E-state index in [2.05, 4.69) is 15.2 Å². The van der Waals surface area contributed by atoms with Crippen molar-refractivity contribution in [2.75, 3.05) is 32.7 Å². The molecule has 5 rings (SSSR count). The molecule has 3 N–H and O–H groups in total. The molecule has 200 valence electrons. The van der Waals surface area contributed by atoms with Crippen molar-refractivity contribution in [2.24, 2.45) is 5.73 Å². The molecular formula is C25H33ClN6O4S. The SMILES string of the molecule is CC(C)(CN1CC(N)C1)S(=O)(=O)C1(CN2CCn3c(cnc3C(=O)NCc3ccc(Cl)cc3)C2=O)CC1. The second-order valence-corrected chi connectivity index (χ2v) is 14.5. The van der Waals surface area contributed by atoms with Gasteiger partial charge in [-0.2, -0.15) is 0 Å². The highest BCUT2D eigenvalue weighted by molar-refractivity contribution is 7.94. The van der Waals surface area contributed by atoms with Crippen LogP contribution in [0.3, 0.4) is 0 Å². The van der Waals surface area contributed by atoms with E-state index in [-0.39, 0.29) is 30.2 Å². The van der Waals surface area contributed by atoms with Crippen LogP contribution in [0.2, 0.25) is 5.02 Å². The van der Waals surface area contributed by atoms with E-state index in [1.54, 1.807) is 35.4 Å². The Kier molecular flexibility index (Phi) is 6.62. The van der Waals surface area contributed by atoms with Gasteiger partial charge in [-0.3, -0.25) is 14.5 Å². The molecular weight excluding hydrogens is 516 g/mol. The molecule has 3 aliphatic rings. The van der Waals surface area contributed by atoms with E-state index in [1.807, 2.05) is 12.1 Å². The Hall–Kier alpha value is -2.47. The third kappa shape index (κ3) is 4.78. The summed E-state index contributed by atoms with van der Waals surface area (Å²) in [5, 5.41) is 3.44. The quantitative estimate of drug-likeness (QED) is 0.483. The lowest BCUT2D eigenvalue weighted by Crippen LogP contribution is -2.61. The first-order chi connectivity index (χ1) is 17.4. The summed E-state index contributed by atoms with van der Waals surface area (Å²) in [7, 11) is -3.53. The first kappa shape index (κ1) is 26.1. The minimum atomic E-state index is -3.53. The first-order valence-corrected chi connectivity index (χ1v) is 14.4. The van der Waals surface area contributed by atoms with Crippen LogP contribution >= 0.6 is 11.6 Å². The summed E-state index contributed by atoms with van der Waals surface area (Å²) in [4.78, 5) is 34.0. The molecule has 2 fully saturated rings. The number of nitrogens with one attached hydrogen (secondary N) is 1. The minimum Gasteiger partial charge on any atom is -0.345 e. The van der Waals surface area contributed by atoms with Gasteiger partial charge in [-0.25, -0.2) is 13.4 Å². The average Bonchev–Trinajstić information content (AvgIpc) is 3.49. The van der Waals surface area contributed by atoms with E-state index >= 15 is 0 Å². The van der Waals surface area contributed by atoms with Crippen LogP contribution in [-0.2, 0) is 22.9 Å². The number of carbonyl (C=O) groups is 2. The fourth-order valence-corrected chi connectivity index (χ4v) is 8.02. The van der Waals surface area contributed by atoms with Crippen molar-refractivity contribution in [3.8, 4) is 0 Å². The molecule has 10 nitrogen and oxygen atoms in total. The summed E-state index contributed by atoms with van der Waals surface area (Å²) in [6.45, 7) is 6.53. The number of hydrogen-bond donors (Lipinski definition) is 2. The van der Waals surface area contributed by atoms with Gasteiger partial charge in [0.15, 0.2) is 15.7 Å². The lowest BCUT2D eigenvalue weighted by atomic mass is 10.1. The molecule has 1 saturated heterocycles. The van der Waals surface area contributed by atoms with E-state index < -0.39 is 19.3 Å². The van der Waals surface area contributed by atoms with Crippen LogP contribution < -0.4 is 11.1 Å². The van der Waals surface area contributed by atoms with Crippen molar-refractivity contribution in [3.63, 3.8) is 0 Å². The van der Waals surface area contributed by atoms with Crippen LogP contribution in [0, 0.1) is 0 Å². The summed E-state index contributed by atoms with van der Waals surface area (Å²) in [5.74, 6) is -0.515. The minimum absolute atomic E-state index is 0.105. The molecule has 1 saturated carbocycles. The molecule has 2 aliphatic heterocycles. The number of rotatable bonds is 9. The van der Waals surface area contributed by atoms with E-state index in [4.69, 9.17) is 17.3 Å². The van der Waals surface area contributed by atoms with Gasteiger partial charge in [0.1, 0.15) is 5.69 Å². The van der Waals surface area contributed by atoms with Gasteiger partial charge in [0.25, 0.3) is 11.8 Å². The molecule has 0 radical (unpaired) electrons. The number of nitrogens with two attached hydrogens (primary N) is 1. The van der Waals surface area contributed by atoms with Crippen molar-refractivity contribution in [2.45, 2.75) is 55.3 Å². The Bertz CT molecular complexity index is 1310. The number of halogens is 1. The number of amides is 2. The Morgan fingerprint density at radius 2 is 1.89 bits per heavy atom. The van der Waals surface area contributed by atoms with Gasteiger partial charge in [-0.05, 0) is 44.4 Å². The molecule has 0 spiro atoms. The monoisotopic (exact) mass is 548 g/mol. The Balaban J connectivity index is 1.25. The zero-order valence-corrected chi connectivity index (χ0v) is 22.7. The van der Waals surface area contributed by atoms with Gasteiger partial charge in [0.2, 0.25) is 0 Å². The highest BCUT2D eigenvalue weighted by Crippen LogP contribution is 2.49. The number of benzene rings is 1. The normalized spacial score (nSPS) is 19.9. The fraction of sp³-hybridized carbons (Fsp3) is 0.560. The Labute approximate surface area is 222 Å². The van der Waals surface area contributed by atoms with Crippen molar-refractivity contribution < 1.29 is 18.0 Å². The Morgan fingerprint density at radius 1 is 1.22 bits per heavy atom. The molecule has 1 aliphatic carbocycles. The second kappa shape index (κ2) is 9.37. The molecule has 3 heterocycles. The molecule has 12 heteroatoms. The summed E-state index contributed by atoms with van der Waals surface area (Å²) in [6, 6.07) is 7.26. The summed E-state index contributed by atoms with van der Waals surface area (Å²) in [6.07, 6.45) is 2.48. The topological polar surface area (TPSA) is 131 Å². The van der Waals surface area contributed by atoms with Crippen LogP contribution in [0.25, 0.3) is 0 Å². The van der Waals surface area contributed by atoms with E-state index in [1.165, 1.54) is 6.20 Å². The molecule has 1 aromatic carbocycles. The molecule has 1 aromatic heterocycles. The summed E-state index contributed by atoms with van der Waals surface area (Å²) < 4.78 is 27.2. The fourth-order valence-electron chi connectivity index (χ4n) is 5.40.